The lowest BCUT2D eigenvalue weighted by molar-refractivity contribution is 1.11. The summed E-state index contributed by atoms with van der Waals surface area (Å²) in [6, 6.07) is 18.3. The molecule has 0 saturated heterocycles. The highest BCUT2D eigenvalue weighted by Gasteiger charge is 2.14. The van der Waals surface area contributed by atoms with Crippen LogP contribution in [0.4, 0.5) is 0 Å². The van der Waals surface area contributed by atoms with Gasteiger partial charge in [0.1, 0.15) is 0 Å². The number of rotatable bonds is 1. The van der Waals surface area contributed by atoms with E-state index in [1.165, 1.54) is 10.9 Å². The van der Waals surface area contributed by atoms with Gasteiger partial charge in [0.25, 0.3) is 0 Å². The van der Waals surface area contributed by atoms with Crippen LogP contribution in [-0.2, 0) is 0 Å². The molecule has 0 amide bonds. The minimum atomic E-state index is 0.542. The zero-order valence-electron chi connectivity index (χ0n) is 11.5. The van der Waals surface area contributed by atoms with E-state index in [2.05, 4.69) is 40.9 Å². The van der Waals surface area contributed by atoms with Crippen molar-refractivity contribution in [1.29, 1.82) is 0 Å². The van der Waals surface area contributed by atoms with Crippen molar-refractivity contribution in [2.75, 3.05) is 0 Å². The van der Waals surface area contributed by atoms with Gasteiger partial charge in [0.05, 0.1) is 11.0 Å². The molecule has 2 aromatic heterocycles. The molecular formula is C18H13ClN2. The molecule has 2 aromatic carbocycles. The monoisotopic (exact) mass is 292 g/mol. The number of fused-ring (bicyclic) bond motifs is 3. The fourth-order valence-electron chi connectivity index (χ4n) is 2.91. The van der Waals surface area contributed by atoms with Crippen molar-refractivity contribution in [3.8, 4) is 5.69 Å². The highest BCUT2D eigenvalue weighted by atomic mass is 35.5. The van der Waals surface area contributed by atoms with E-state index in [-0.39, 0.29) is 0 Å². The van der Waals surface area contributed by atoms with Crippen LogP contribution in [0.15, 0.2) is 60.8 Å². The molecule has 0 radical (unpaired) electrons. The van der Waals surface area contributed by atoms with Gasteiger partial charge in [-0.05, 0) is 30.7 Å². The number of para-hydroxylation sites is 2. The van der Waals surface area contributed by atoms with Gasteiger partial charge in [-0.25, -0.2) is 4.98 Å². The van der Waals surface area contributed by atoms with E-state index >= 15 is 0 Å². The highest BCUT2D eigenvalue weighted by Crippen LogP contribution is 2.34. The third-order valence-corrected chi connectivity index (χ3v) is 4.08. The molecule has 0 N–H and O–H groups in total. The van der Waals surface area contributed by atoms with E-state index in [4.69, 9.17) is 11.6 Å². The maximum absolute atomic E-state index is 6.47. The van der Waals surface area contributed by atoms with E-state index in [0.29, 0.717) is 5.15 Å². The number of benzene rings is 2. The molecule has 0 atom stereocenters. The summed E-state index contributed by atoms with van der Waals surface area (Å²) in [6.07, 6.45) is 2.12. The van der Waals surface area contributed by atoms with Gasteiger partial charge in [0.2, 0.25) is 0 Å². The number of aryl methyl sites for hydroxylation is 1. The Morgan fingerprint density at radius 1 is 0.952 bits per heavy atom. The van der Waals surface area contributed by atoms with Crippen LogP contribution >= 0.6 is 11.6 Å². The van der Waals surface area contributed by atoms with E-state index in [9.17, 15) is 0 Å². The lowest BCUT2D eigenvalue weighted by Gasteiger charge is -2.07. The van der Waals surface area contributed by atoms with Crippen molar-refractivity contribution in [3.05, 3.63) is 71.5 Å². The number of hydrogen-bond acceptors (Lipinski definition) is 1. The largest absolute Gasteiger partial charge is 0.314 e. The first-order valence-electron chi connectivity index (χ1n) is 6.87. The van der Waals surface area contributed by atoms with Crippen molar-refractivity contribution in [2.24, 2.45) is 0 Å². The van der Waals surface area contributed by atoms with E-state index in [1.54, 1.807) is 0 Å². The molecule has 0 bridgehead atoms. The maximum Gasteiger partial charge on any atom is 0.154 e. The fourth-order valence-corrected chi connectivity index (χ4v) is 3.18. The van der Waals surface area contributed by atoms with E-state index in [0.717, 1.165) is 22.1 Å². The fraction of sp³-hybridized carbons (Fsp3) is 0.0556. The zero-order chi connectivity index (χ0) is 14.4. The van der Waals surface area contributed by atoms with Gasteiger partial charge in [0, 0.05) is 22.7 Å². The molecule has 102 valence electrons. The number of pyridine rings is 1. The Balaban J connectivity index is 2.19. The predicted molar refractivity (Wildman–Crippen MR) is 88.3 cm³/mol. The number of aromatic nitrogens is 2. The van der Waals surface area contributed by atoms with Crippen molar-refractivity contribution in [1.82, 2.24) is 9.55 Å². The standard InChI is InChI=1S/C18H13ClN2/c1-12-11-21(13-7-3-2-4-8-13)17-16(12)14-9-5-6-10-15(14)20-18(17)19/h2-11H,1H3. The summed E-state index contributed by atoms with van der Waals surface area (Å²) in [4.78, 5) is 4.55. The summed E-state index contributed by atoms with van der Waals surface area (Å²) in [5.41, 5.74) is 4.20. The van der Waals surface area contributed by atoms with Crippen LogP contribution in [0.1, 0.15) is 5.56 Å². The quantitative estimate of drug-likeness (QED) is 0.444. The SMILES string of the molecule is Cc1cn(-c2ccccc2)c2c(Cl)nc3ccccc3c12. The summed E-state index contributed by atoms with van der Waals surface area (Å²) >= 11 is 6.47. The van der Waals surface area contributed by atoms with Gasteiger partial charge < -0.3 is 4.57 Å². The first kappa shape index (κ1) is 12.4. The minimum Gasteiger partial charge on any atom is -0.314 e. The van der Waals surface area contributed by atoms with Crippen LogP contribution in [0.5, 0.6) is 0 Å². The third kappa shape index (κ3) is 1.83. The maximum atomic E-state index is 6.47. The smallest absolute Gasteiger partial charge is 0.154 e. The van der Waals surface area contributed by atoms with Gasteiger partial charge in [-0.15, -0.1) is 0 Å². The number of hydrogen-bond donors (Lipinski definition) is 0. The Morgan fingerprint density at radius 3 is 2.48 bits per heavy atom. The normalized spacial score (nSPS) is 11.3. The van der Waals surface area contributed by atoms with Gasteiger partial charge in [-0.1, -0.05) is 48.0 Å². The molecular weight excluding hydrogens is 280 g/mol. The summed E-state index contributed by atoms with van der Waals surface area (Å²) in [5.74, 6) is 0. The second-order valence-corrected chi connectivity index (χ2v) is 5.52. The highest BCUT2D eigenvalue weighted by molar-refractivity contribution is 6.35. The molecule has 2 nitrogen and oxygen atoms in total. The van der Waals surface area contributed by atoms with Crippen LogP contribution in [0, 0.1) is 6.92 Å². The van der Waals surface area contributed by atoms with Crippen LogP contribution in [-0.4, -0.2) is 9.55 Å². The Hall–Kier alpha value is -2.32. The molecule has 0 saturated carbocycles. The Kier molecular flexibility index (Phi) is 2.72. The second-order valence-electron chi connectivity index (χ2n) is 5.16. The average molecular weight is 293 g/mol. The Bertz CT molecular complexity index is 955. The topological polar surface area (TPSA) is 17.8 Å². The summed E-state index contributed by atoms with van der Waals surface area (Å²) < 4.78 is 2.12. The molecule has 3 heteroatoms. The minimum absolute atomic E-state index is 0.542. The molecule has 0 fully saturated rings. The van der Waals surface area contributed by atoms with Crippen molar-refractivity contribution in [3.63, 3.8) is 0 Å². The molecule has 0 spiro atoms. The van der Waals surface area contributed by atoms with E-state index in [1.807, 2.05) is 36.4 Å². The van der Waals surface area contributed by atoms with Gasteiger partial charge >= 0.3 is 0 Å². The summed E-state index contributed by atoms with van der Waals surface area (Å²) in [5, 5.41) is 2.86. The lowest BCUT2D eigenvalue weighted by Crippen LogP contribution is -1.93. The third-order valence-electron chi connectivity index (χ3n) is 3.82. The van der Waals surface area contributed by atoms with Crippen LogP contribution in [0.25, 0.3) is 27.5 Å². The van der Waals surface area contributed by atoms with E-state index < -0.39 is 0 Å². The predicted octanol–water partition coefficient (Wildman–Crippen LogP) is 5.14. The van der Waals surface area contributed by atoms with Crippen molar-refractivity contribution < 1.29 is 0 Å². The van der Waals surface area contributed by atoms with Crippen molar-refractivity contribution in [2.45, 2.75) is 6.92 Å². The molecule has 0 aliphatic heterocycles. The zero-order valence-corrected chi connectivity index (χ0v) is 12.3. The van der Waals surface area contributed by atoms with Crippen LogP contribution in [0.3, 0.4) is 0 Å². The number of halogens is 1. The van der Waals surface area contributed by atoms with Gasteiger partial charge in [0.15, 0.2) is 5.15 Å². The molecule has 4 aromatic rings. The summed E-state index contributed by atoms with van der Waals surface area (Å²) in [6.45, 7) is 2.12. The lowest BCUT2D eigenvalue weighted by atomic mass is 10.1. The Labute approximate surface area is 127 Å². The Morgan fingerprint density at radius 2 is 1.67 bits per heavy atom. The second kappa shape index (κ2) is 4.61. The van der Waals surface area contributed by atoms with Crippen LogP contribution < -0.4 is 0 Å². The molecule has 0 aliphatic rings. The molecule has 4 rings (SSSR count). The van der Waals surface area contributed by atoms with Crippen molar-refractivity contribution >= 4 is 33.4 Å². The first-order chi connectivity index (χ1) is 10.3. The summed E-state index contributed by atoms with van der Waals surface area (Å²) in [7, 11) is 0. The first-order valence-corrected chi connectivity index (χ1v) is 7.25. The molecule has 0 aliphatic carbocycles. The molecule has 0 unspecified atom stereocenters. The average Bonchev–Trinajstić information content (AvgIpc) is 2.87. The molecule has 2 heterocycles. The van der Waals surface area contributed by atoms with Gasteiger partial charge in [-0.2, -0.15) is 0 Å². The van der Waals surface area contributed by atoms with Gasteiger partial charge in [-0.3, -0.25) is 0 Å². The molecule has 21 heavy (non-hydrogen) atoms. The number of nitrogens with zero attached hydrogens (tertiary/aromatic N) is 2. The van der Waals surface area contributed by atoms with Crippen LogP contribution in [0.2, 0.25) is 5.15 Å².